The molecule has 0 fully saturated rings. The molecule has 1 heterocycles. The highest BCUT2D eigenvalue weighted by molar-refractivity contribution is 7.92. The summed E-state index contributed by atoms with van der Waals surface area (Å²) in [4.78, 5) is 0.202. The molecule has 1 aliphatic rings. The predicted molar refractivity (Wildman–Crippen MR) is 120 cm³/mol. The summed E-state index contributed by atoms with van der Waals surface area (Å²) in [5.74, 6) is 2.27. The average Bonchev–Trinajstić information content (AvgIpc) is 3.05. The monoisotopic (exact) mass is 427 g/mol. The van der Waals surface area contributed by atoms with Crippen molar-refractivity contribution in [3.8, 4) is 5.75 Å². The maximum atomic E-state index is 12.8. The fourth-order valence-electron chi connectivity index (χ4n) is 4.18. The Hall–Kier alpha value is -2.47. The van der Waals surface area contributed by atoms with E-state index >= 15 is 0 Å². The molecule has 0 saturated heterocycles. The zero-order valence-electron chi connectivity index (χ0n) is 18.0. The maximum absolute atomic E-state index is 12.8. The first kappa shape index (κ1) is 20.8. The van der Waals surface area contributed by atoms with Crippen LogP contribution < -0.4 is 9.46 Å². The smallest absolute Gasteiger partial charge is 0.261 e. The van der Waals surface area contributed by atoms with Gasteiger partial charge in [0, 0.05) is 23.1 Å². The molecule has 0 spiro atoms. The van der Waals surface area contributed by atoms with E-state index in [-0.39, 0.29) is 10.3 Å². The molecule has 30 heavy (non-hydrogen) atoms. The molecule has 4 rings (SSSR count). The van der Waals surface area contributed by atoms with Gasteiger partial charge in [0.1, 0.15) is 17.1 Å². The number of hydrogen-bond donors (Lipinski definition) is 1. The summed E-state index contributed by atoms with van der Waals surface area (Å²) in [6, 6.07) is 12.0. The van der Waals surface area contributed by atoms with E-state index in [0.717, 1.165) is 36.0 Å². The van der Waals surface area contributed by atoms with Gasteiger partial charge in [0.15, 0.2) is 0 Å². The lowest BCUT2D eigenvalue weighted by molar-refractivity contribution is 0.210. The van der Waals surface area contributed by atoms with Crippen molar-refractivity contribution < 1.29 is 17.6 Å². The first-order chi connectivity index (χ1) is 14.2. The van der Waals surface area contributed by atoms with Crippen molar-refractivity contribution in [2.75, 3.05) is 11.3 Å². The van der Waals surface area contributed by atoms with Gasteiger partial charge in [0.25, 0.3) is 10.0 Å². The lowest BCUT2D eigenvalue weighted by atomic mass is 9.71. The molecule has 1 N–H and O–H groups in total. The molecule has 2 aromatic carbocycles. The van der Waals surface area contributed by atoms with Crippen molar-refractivity contribution in [3.63, 3.8) is 0 Å². The molecule has 1 aromatic heterocycles. The van der Waals surface area contributed by atoms with Crippen LogP contribution in [0, 0.1) is 11.3 Å². The number of ether oxygens (including phenoxy) is 1. The van der Waals surface area contributed by atoms with Gasteiger partial charge in [0.2, 0.25) is 0 Å². The second-order valence-electron chi connectivity index (χ2n) is 9.03. The molecule has 0 radical (unpaired) electrons. The van der Waals surface area contributed by atoms with Crippen LogP contribution >= 0.6 is 0 Å². The second-order valence-corrected chi connectivity index (χ2v) is 10.7. The summed E-state index contributed by atoms with van der Waals surface area (Å²) >= 11 is 0. The Morgan fingerprint density at radius 2 is 1.87 bits per heavy atom. The number of sulfonamides is 1. The minimum atomic E-state index is -3.69. The van der Waals surface area contributed by atoms with Crippen LogP contribution in [0.3, 0.4) is 0 Å². The van der Waals surface area contributed by atoms with Crippen LogP contribution in [0.1, 0.15) is 45.4 Å². The largest absolute Gasteiger partial charge is 0.494 e. The molecule has 1 aliphatic carbocycles. The zero-order chi connectivity index (χ0) is 21.5. The van der Waals surface area contributed by atoms with E-state index in [0.29, 0.717) is 24.0 Å². The van der Waals surface area contributed by atoms with Crippen molar-refractivity contribution in [1.29, 1.82) is 0 Å². The van der Waals surface area contributed by atoms with Crippen LogP contribution in [0.2, 0.25) is 0 Å². The third-order valence-corrected chi connectivity index (χ3v) is 7.36. The van der Waals surface area contributed by atoms with Crippen molar-refractivity contribution in [2.45, 2.75) is 51.9 Å². The molecular weight excluding hydrogens is 398 g/mol. The van der Waals surface area contributed by atoms with Gasteiger partial charge in [-0.3, -0.25) is 4.72 Å². The van der Waals surface area contributed by atoms with Gasteiger partial charge in [-0.1, -0.05) is 20.8 Å². The number of aryl methyl sites for hydroxylation is 1. The van der Waals surface area contributed by atoms with Gasteiger partial charge >= 0.3 is 0 Å². The van der Waals surface area contributed by atoms with Gasteiger partial charge in [-0.2, -0.15) is 0 Å². The third kappa shape index (κ3) is 4.06. The number of rotatable bonds is 5. The van der Waals surface area contributed by atoms with Crippen LogP contribution in [0.5, 0.6) is 5.75 Å². The summed E-state index contributed by atoms with van der Waals surface area (Å²) in [6.07, 6.45) is 3.01. The number of nitrogens with one attached hydrogen (secondary N) is 1. The standard InChI is InChI=1S/C24H29NO4S/c1-5-28-18-8-10-19(11-9-18)30(26,27)25-17-7-13-23-21(15-17)20-14-16(24(2,3)4)6-12-22(20)29-23/h7-11,13,15-16,25H,5-6,12,14H2,1-4H3/t16-/m1/s1. The maximum Gasteiger partial charge on any atom is 0.261 e. The minimum Gasteiger partial charge on any atom is -0.494 e. The van der Waals surface area contributed by atoms with E-state index in [1.807, 2.05) is 19.1 Å². The first-order valence-electron chi connectivity index (χ1n) is 10.5. The Bertz CT molecular complexity index is 1150. The second kappa shape index (κ2) is 7.65. The number of fused-ring (bicyclic) bond motifs is 3. The molecule has 0 unspecified atom stereocenters. The summed E-state index contributed by atoms with van der Waals surface area (Å²) in [7, 11) is -3.69. The lowest BCUT2D eigenvalue weighted by Crippen LogP contribution is -2.26. The molecule has 1 atom stereocenters. The normalized spacial score (nSPS) is 17.0. The number of anilines is 1. The number of furan rings is 1. The minimum absolute atomic E-state index is 0.202. The number of hydrogen-bond acceptors (Lipinski definition) is 4. The summed E-state index contributed by atoms with van der Waals surface area (Å²) in [6.45, 7) is 9.26. The number of benzene rings is 2. The topological polar surface area (TPSA) is 68.5 Å². The fraction of sp³-hybridized carbons (Fsp3) is 0.417. The molecule has 6 heteroatoms. The van der Waals surface area contributed by atoms with E-state index in [1.54, 1.807) is 30.3 Å². The highest BCUT2D eigenvalue weighted by Gasteiger charge is 2.31. The van der Waals surface area contributed by atoms with Crippen molar-refractivity contribution in [2.24, 2.45) is 11.3 Å². The van der Waals surface area contributed by atoms with E-state index in [4.69, 9.17) is 9.15 Å². The van der Waals surface area contributed by atoms with Crippen LogP contribution in [0.15, 0.2) is 51.8 Å². The molecule has 5 nitrogen and oxygen atoms in total. The van der Waals surface area contributed by atoms with E-state index < -0.39 is 10.0 Å². The van der Waals surface area contributed by atoms with Gasteiger partial charge in [-0.15, -0.1) is 0 Å². The molecule has 0 amide bonds. The predicted octanol–water partition coefficient (Wildman–Crippen LogP) is 5.78. The SMILES string of the molecule is CCOc1ccc(S(=O)(=O)Nc2ccc3oc4c(c3c2)C[C@H](C(C)(C)C)CC4)cc1. The van der Waals surface area contributed by atoms with Gasteiger partial charge in [-0.25, -0.2) is 8.42 Å². The van der Waals surface area contributed by atoms with Crippen LogP contribution in [-0.4, -0.2) is 15.0 Å². The Balaban J connectivity index is 1.62. The van der Waals surface area contributed by atoms with Crippen molar-refractivity contribution in [1.82, 2.24) is 0 Å². The molecular formula is C24H29NO4S. The van der Waals surface area contributed by atoms with Crippen molar-refractivity contribution in [3.05, 3.63) is 53.8 Å². The molecule has 3 aromatic rings. The van der Waals surface area contributed by atoms with Crippen LogP contribution in [-0.2, 0) is 22.9 Å². The summed E-state index contributed by atoms with van der Waals surface area (Å²) < 4.78 is 39.8. The van der Waals surface area contributed by atoms with Crippen molar-refractivity contribution >= 4 is 26.7 Å². The van der Waals surface area contributed by atoms with E-state index in [1.165, 1.54) is 5.56 Å². The molecule has 0 aliphatic heterocycles. The van der Waals surface area contributed by atoms with Gasteiger partial charge in [-0.05, 0) is 73.6 Å². The highest BCUT2D eigenvalue weighted by atomic mass is 32.2. The van der Waals surface area contributed by atoms with Gasteiger partial charge < -0.3 is 9.15 Å². The zero-order valence-corrected chi connectivity index (χ0v) is 18.8. The Labute approximate surface area is 178 Å². The van der Waals surface area contributed by atoms with Crippen LogP contribution in [0.25, 0.3) is 11.0 Å². The lowest BCUT2D eigenvalue weighted by Gasteiger charge is -2.33. The summed E-state index contributed by atoms with van der Waals surface area (Å²) in [5, 5.41) is 1.01. The van der Waals surface area contributed by atoms with Gasteiger partial charge in [0.05, 0.1) is 11.5 Å². The Kier molecular flexibility index (Phi) is 5.30. The molecule has 0 saturated carbocycles. The van der Waals surface area contributed by atoms with E-state index in [2.05, 4.69) is 25.5 Å². The Morgan fingerprint density at radius 1 is 1.13 bits per heavy atom. The fourth-order valence-corrected chi connectivity index (χ4v) is 5.23. The Morgan fingerprint density at radius 3 is 2.53 bits per heavy atom. The quantitative estimate of drug-likeness (QED) is 0.560. The molecule has 160 valence electrons. The third-order valence-electron chi connectivity index (χ3n) is 5.97. The average molecular weight is 428 g/mol. The van der Waals surface area contributed by atoms with E-state index in [9.17, 15) is 8.42 Å². The first-order valence-corrected chi connectivity index (χ1v) is 12.0. The highest BCUT2D eigenvalue weighted by Crippen LogP contribution is 2.41. The summed E-state index contributed by atoms with van der Waals surface area (Å²) in [5.41, 5.74) is 2.81. The molecule has 0 bridgehead atoms. The van der Waals surface area contributed by atoms with Crippen LogP contribution in [0.4, 0.5) is 5.69 Å².